The summed E-state index contributed by atoms with van der Waals surface area (Å²) in [6.45, 7) is 11.8. The lowest BCUT2D eigenvalue weighted by atomic mass is 9.81. The SMILES string of the molecule is Cc1nc2cc(C(=O)O)ccc2n1CC(C)(C)C(C)C. The van der Waals surface area contributed by atoms with Crippen LogP contribution in [0.2, 0.25) is 0 Å². The molecule has 0 atom stereocenters. The molecule has 2 aromatic rings. The van der Waals surface area contributed by atoms with Gasteiger partial charge in [-0.1, -0.05) is 27.7 Å². The van der Waals surface area contributed by atoms with Crippen LogP contribution < -0.4 is 0 Å². The van der Waals surface area contributed by atoms with Crippen LogP contribution in [0.25, 0.3) is 11.0 Å². The molecule has 1 aromatic carbocycles. The quantitative estimate of drug-likeness (QED) is 0.924. The van der Waals surface area contributed by atoms with Crippen molar-refractivity contribution in [3.63, 3.8) is 0 Å². The summed E-state index contributed by atoms with van der Waals surface area (Å²) in [6, 6.07) is 5.14. The van der Waals surface area contributed by atoms with E-state index < -0.39 is 5.97 Å². The van der Waals surface area contributed by atoms with Crippen molar-refractivity contribution in [2.45, 2.75) is 41.2 Å². The standard InChI is InChI=1S/C16H22N2O2/c1-10(2)16(4,5)9-18-11(3)17-13-8-12(15(19)20)6-7-14(13)18/h6-8,10H,9H2,1-5H3,(H,19,20). The van der Waals surface area contributed by atoms with Crippen molar-refractivity contribution in [1.82, 2.24) is 9.55 Å². The van der Waals surface area contributed by atoms with E-state index in [0.29, 0.717) is 5.92 Å². The average Bonchev–Trinajstić information content (AvgIpc) is 2.64. The van der Waals surface area contributed by atoms with Crippen LogP contribution in [0.3, 0.4) is 0 Å². The number of benzene rings is 1. The van der Waals surface area contributed by atoms with E-state index in [-0.39, 0.29) is 11.0 Å². The Kier molecular flexibility index (Phi) is 3.59. The van der Waals surface area contributed by atoms with Gasteiger partial charge in [0.25, 0.3) is 0 Å². The number of rotatable bonds is 4. The molecule has 1 N–H and O–H groups in total. The van der Waals surface area contributed by atoms with Crippen LogP contribution in [0.5, 0.6) is 0 Å². The van der Waals surface area contributed by atoms with Crippen LogP contribution in [0.15, 0.2) is 18.2 Å². The van der Waals surface area contributed by atoms with Gasteiger partial charge in [0.05, 0.1) is 16.6 Å². The number of carbonyl (C=O) groups is 1. The van der Waals surface area contributed by atoms with Gasteiger partial charge < -0.3 is 9.67 Å². The van der Waals surface area contributed by atoms with Crippen LogP contribution in [0.1, 0.15) is 43.9 Å². The van der Waals surface area contributed by atoms with Gasteiger partial charge in [-0.2, -0.15) is 0 Å². The Labute approximate surface area is 119 Å². The summed E-state index contributed by atoms with van der Waals surface area (Å²) in [6.07, 6.45) is 0. The highest BCUT2D eigenvalue weighted by atomic mass is 16.4. The summed E-state index contributed by atoms with van der Waals surface area (Å²) in [5.41, 5.74) is 2.19. The van der Waals surface area contributed by atoms with Gasteiger partial charge in [0, 0.05) is 6.54 Å². The first-order chi connectivity index (χ1) is 9.22. The summed E-state index contributed by atoms with van der Waals surface area (Å²) >= 11 is 0. The second-order valence-electron chi connectivity index (χ2n) is 6.40. The van der Waals surface area contributed by atoms with E-state index in [0.717, 1.165) is 23.4 Å². The Balaban J connectivity index is 2.49. The molecular formula is C16H22N2O2. The summed E-state index contributed by atoms with van der Waals surface area (Å²) in [5.74, 6) is 0.565. The third-order valence-electron chi connectivity index (χ3n) is 4.31. The van der Waals surface area contributed by atoms with Crippen LogP contribution in [0, 0.1) is 18.3 Å². The Morgan fingerprint density at radius 2 is 2.05 bits per heavy atom. The number of hydrogen-bond acceptors (Lipinski definition) is 2. The predicted octanol–water partition coefficient (Wildman–Crippen LogP) is 3.73. The van der Waals surface area contributed by atoms with Gasteiger partial charge in [0.15, 0.2) is 0 Å². The van der Waals surface area contributed by atoms with E-state index >= 15 is 0 Å². The normalized spacial score (nSPS) is 12.3. The van der Waals surface area contributed by atoms with Gasteiger partial charge in [0.2, 0.25) is 0 Å². The number of aromatic nitrogens is 2. The summed E-state index contributed by atoms with van der Waals surface area (Å²) in [7, 11) is 0. The Bertz CT molecular complexity index is 654. The van der Waals surface area contributed by atoms with Crippen molar-refractivity contribution in [2.24, 2.45) is 11.3 Å². The monoisotopic (exact) mass is 274 g/mol. The number of carboxylic acid groups (broad SMARTS) is 1. The maximum Gasteiger partial charge on any atom is 0.335 e. The molecule has 0 aliphatic carbocycles. The van der Waals surface area contributed by atoms with Crippen molar-refractivity contribution < 1.29 is 9.90 Å². The zero-order valence-electron chi connectivity index (χ0n) is 12.8. The molecule has 4 nitrogen and oxygen atoms in total. The lowest BCUT2D eigenvalue weighted by Crippen LogP contribution is -2.26. The molecule has 0 aliphatic rings. The van der Waals surface area contributed by atoms with Crippen LogP contribution in [0.4, 0.5) is 0 Å². The highest BCUT2D eigenvalue weighted by Gasteiger charge is 2.24. The minimum Gasteiger partial charge on any atom is -0.478 e. The van der Waals surface area contributed by atoms with Crippen molar-refractivity contribution >= 4 is 17.0 Å². The molecule has 1 aromatic heterocycles. The maximum atomic E-state index is 11.0. The largest absolute Gasteiger partial charge is 0.478 e. The molecule has 0 saturated carbocycles. The third-order valence-corrected chi connectivity index (χ3v) is 4.31. The fraction of sp³-hybridized carbons (Fsp3) is 0.500. The molecule has 4 heteroatoms. The zero-order chi connectivity index (χ0) is 15.1. The smallest absolute Gasteiger partial charge is 0.335 e. The highest BCUT2D eigenvalue weighted by Crippen LogP contribution is 2.30. The van der Waals surface area contributed by atoms with E-state index in [1.165, 1.54) is 0 Å². The van der Waals surface area contributed by atoms with Gasteiger partial charge >= 0.3 is 5.97 Å². The molecule has 20 heavy (non-hydrogen) atoms. The molecule has 0 radical (unpaired) electrons. The second kappa shape index (κ2) is 4.93. The van der Waals surface area contributed by atoms with E-state index in [2.05, 4.69) is 37.2 Å². The van der Waals surface area contributed by atoms with Crippen LogP contribution >= 0.6 is 0 Å². The summed E-state index contributed by atoms with van der Waals surface area (Å²) in [4.78, 5) is 15.5. The fourth-order valence-corrected chi connectivity index (χ4v) is 2.17. The molecular weight excluding hydrogens is 252 g/mol. The highest BCUT2D eigenvalue weighted by molar-refractivity contribution is 5.92. The number of hydrogen-bond donors (Lipinski definition) is 1. The van der Waals surface area contributed by atoms with Gasteiger partial charge in [-0.05, 0) is 36.5 Å². The number of aromatic carboxylic acids is 1. The van der Waals surface area contributed by atoms with Crippen molar-refractivity contribution in [3.8, 4) is 0 Å². The van der Waals surface area contributed by atoms with Crippen molar-refractivity contribution in [2.75, 3.05) is 0 Å². The van der Waals surface area contributed by atoms with E-state index in [9.17, 15) is 4.79 Å². The number of aryl methyl sites for hydroxylation is 1. The van der Waals surface area contributed by atoms with E-state index in [4.69, 9.17) is 5.11 Å². The van der Waals surface area contributed by atoms with E-state index in [1.54, 1.807) is 12.1 Å². The first-order valence-electron chi connectivity index (χ1n) is 6.92. The molecule has 1 heterocycles. The number of nitrogens with zero attached hydrogens (tertiary/aromatic N) is 2. The minimum atomic E-state index is -0.915. The zero-order valence-corrected chi connectivity index (χ0v) is 12.8. The lowest BCUT2D eigenvalue weighted by molar-refractivity contribution is 0.0697. The molecule has 0 fully saturated rings. The first-order valence-corrected chi connectivity index (χ1v) is 6.92. The first kappa shape index (κ1) is 14.6. The second-order valence-corrected chi connectivity index (χ2v) is 6.40. The fourth-order valence-electron chi connectivity index (χ4n) is 2.17. The Morgan fingerprint density at radius 3 is 2.60 bits per heavy atom. The molecule has 0 amide bonds. The maximum absolute atomic E-state index is 11.0. The van der Waals surface area contributed by atoms with Gasteiger partial charge in [-0.25, -0.2) is 9.78 Å². The Morgan fingerprint density at radius 1 is 1.40 bits per heavy atom. The van der Waals surface area contributed by atoms with Gasteiger partial charge in [0.1, 0.15) is 5.82 Å². The van der Waals surface area contributed by atoms with Crippen LogP contribution in [-0.4, -0.2) is 20.6 Å². The molecule has 0 bridgehead atoms. The lowest BCUT2D eigenvalue weighted by Gasteiger charge is -2.30. The molecule has 0 aliphatic heterocycles. The third kappa shape index (κ3) is 2.55. The molecule has 0 saturated heterocycles. The predicted molar refractivity (Wildman–Crippen MR) is 80.0 cm³/mol. The number of carboxylic acids is 1. The van der Waals surface area contributed by atoms with Crippen LogP contribution in [-0.2, 0) is 6.54 Å². The van der Waals surface area contributed by atoms with E-state index in [1.807, 2.05) is 13.0 Å². The topological polar surface area (TPSA) is 55.1 Å². The summed E-state index contributed by atoms with van der Waals surface area (Å²) < 4.78 is 2.18. The van der Waals surface area contributed by atoms with Gasteiger partial charge in [-0.15, -0.1) is 0 Å². The number of imidazole rings is 1. The van der Waals surface area contributed by atoms with Crippen molar-refractivity contribution in [3.05, 3.63) is 29.6 Å². The molecule has 0 unspecified atom stereocenters. The Hall–Kier alpha value is -1.84. The molecule has 2 rings (SSSR count). The molecule has 0 spiro atoms. The molecule has 108 valence electrons. The van der Waals surface area contributed by atoms with Gasteiger partial charge in [-0.3, -0.25) is 0 Å². The minimum absolute atomic E-state index is 0.157. The average molecular weight is 274 g/mol. The number of fused-ring (bicyclic) bond motifs is 1. The summed E-state index contributed by atoms with van der Waals surface area (Å²) in [5, 5.41) is 9.05. The van der Waals surface area contributed by atoms with Crippen molar-refractivity contribution in [1.29, 1.82) is 0 Å².